The molecule has 1 unspecified atom stereocenters. The van der Waals surface area contributed by atoms with E-state index in [0.29, 0.717) is 19.3 Å². The van der Waals surface area contributed by atoms with Crippen molar-refractivity contribution >= 4 is 17.9 Å². The molecule has 0 aliphatic carbocycles. The lowest BCUT2D eigenvalue weighted by Gasteiger charge is -2.18. The van der Waals surface area contributed by atoms with Crippen LogP contribution in [0.25, 0.3) is 0 Å². The van der Waals surface area contributed by atoms with E-state index < -0.39 is 6.10 Å². The Hall–Kier alpha value is -3.41. The number of rotatable bonds is 46. The van der Waals surface area contributed by atoms with E-state index in [2.05, 4.69) is 99.8 Å². The summed E-state index contributed by atoms with van der Waals surface area (Å²) in [5.41, 5.74) is 0. The van der Waals surface area contributed by atoms with Gasteiger partial charge in [-0.2, -0.15) is 0 Å². The van der Waals surface area contributed by atoms with E-state index in [9.17, 15) is 14.4 Å². The molecule has 0 aliphatic rings. The Morgan fingerprint density at radius 3 is 1.22 bits per heavy atom. The van der Waals surface area contributed by atoms with Crippen molar-refractivity contribution in [2.24, 2.45) is 0 Å². The molecule has 360 valence electrons. The van der Waals surface area contributed by atoms with Crippen molar-refractivity contribution in [3.8, 4) is 0 Å². The van der Waals surface area contributed by atoms with E-state index in [0.717, 1.165) is 77.0 Å². The maximum absolute atomic E-state index is 12.8. The van der Waals surface area contributed by atoms with Crippen LogP contribution in [0.15, 0.2) is 85.1 Å². The zero-order valence-electron chi connectivity index (χ0n) is 41.1. The maximum Gasteiger partial charge on any atom is 0.306 e. The summed E-state index contributed by atoms with van der Waals surface area (Å²) >= 11 is 0. The molecule has 0 bridgehead atoms. The first-order chi connectivity index (χ1) is 31.0. The highest BCUT2D eigenvalue weighted by atomic mass is 16.6. The number of ether oxygens (including phenoxy) is 3. The average molecular weight is 877 g/mol. The fourth-order valence-corrected chi connectivity index (χ4v) is 7.01. The van der Waals surface area contributed by atoms with Crippen LogP contribution in [-0.4, -0.2) is 37.2 Å². The number of hydrogen-bond acceptors (Lipinski definition) is 6. The Labute approximate surface area is 388 Å². The van der Waals surface area contributed by atoms with E-state index in [-0.39, 0.29) is 37.5 Å². The second-order valence-electron chi connectivity index (χ2n) is 17.1. The molecular weight excluding hydrogens is 781 g/mol. The van der Waals surface area contributed by atoms with E-state index >= 15 is 0 Å². The molecule has 0 aromatic carbocycles. The number of hydrogen-bond donors (Lipinski definition) is 0. The standard InChI is InChI=1S/C57H96O6/c1-4-7-10-13-16-19-22-25-26-27-28-29-30-33-35-38-41-44-47-50-56(59)62-53-54(63-57(60)51-48-45-42-39-36-32-24-21-18-15-12-9-6-3)52-61-55(58)49-46-43-40-37-34-31-23-20-17-14-11-8-5-2/h9,12,15-16,18-19,21-22,24-25,31,34,40,43,54H,4-8,10-11,13-14,17,20,23,26-30,32-33,35-39,41-42,44-53H2,1-3H3/b12-9-,18-15-,19-16-,24-21-,25-22-,34-31-,43-40-. The van der Waals surface area contributed by atoms with E-state index in [1.807, 2.05) is 6.08 Å². The smallest absolute Gasteiger partial charge is 0.306 e. The van der Waals surface area contributed by atoms with E-state index in [1.165, 1.54) is 116 Å². The van der Waals surface area contributed by atoms with Gasteiger partial charge in [-0.05, 0) is 83.5 Å². The van der Waals surface area contributed by atoms with Gasteiger partial charge < -0.3 is 14.2 Å². The lowest BCUT2D eigenvalue weighted by atomic mass is 10.1. The molecule has 0 aromatic heterocycles. The minimum absolute atomic E-state index is 0.104. The summed E-state index contributed by atoms with van der Waals surface area (Å²) in [7, 11) is 0. The molecule has 0 saturated carbocycles. The Morgan fingerprint density at radius 2 is 0.714 bits per heavy atom. The van der Waals surface area contributed by atoms with Gasteiger partial charge in [0.1, 0.15) is 13.2 Å². The number of esters is 3. The van der Waals surface area contributed by atoms with Crippen molar-refractivity contribution in [1.29, 1.82) is 0 Å². The van der Waals surface area contributed by atoms with Gasteiger partial charge in [0.05, 0.1) is 0 Å². The largest absolute Gasteiger partial charge is 0.462 e. The zero-order valence-corrected chi connectivity index (χ0v) is 41.1. The minimum atomic E-state index is -0.810. The van der Waals surface area contributed by atoms with Crippen molar-refractivity contribution in [1.82, 2.24) is 0 Å². The third-order valence-corrected chi connectivity index (χ3v) is 11.0. The third-order valence-electron chi connectivity index (χ3n) is 11.0. The molecule has 0 rings (SSSR count). The summed E-state index contributed by atoms with van der Waals surface area (Å²) in [6, 6.07) is 0. The molecule has 63 heavy (non-hydrogen) atoms. The van der Waals surface area contributed by atoms with Gasteiger partial charge in [-0.15, -0.1) is 0 Å². The molecule has 0 aromatic rings. The first-order valence-corrected chi connectivity index (χ1v) is 26.1. The molecule has 0 saturated heterocycles. The fourth-order valence-electron chi connectivity index (χ4n) is 7.01. The highest BCUT2D eigenvalue weighted by Gasteiger charge is 2.19. The van der Waals surface area contributed by atoms with Gasteiger partial charge in [-0.3, -0.25) is 14.4 Å². The second kappa shape index (κ2) is 51.2. The van der Waals surface area contributed by atoms with Crippen LogP contribution in [-0.2, 0) is 28.6 Å². The van der Waals surface area contributed by atoms with Gasteiger partial charge in [0, 0.05) is 19.3 Å². The van der Waals surface area contributed by atoms with E-state index in [4.69, 9.17) is 14.2 Å². The van der Waals surface area contributed by atoms with Crippen molar-refractivity contribution in [2.75, 3.05) is 13.2 Å². The molecule has 0 amide bonds. The zero-order chi connectivity index (χ0) is 45.8. The van der Waals surface area contributed by atoms with Gasteiger partial charge in [0.2, 0.25) is 0 Å². The van der Waals surface area contributed by atoms with Crippen LogP contribution < -0.4 is 0 Å². The quantitative estimate of drug-likeness (QED) is 0.0199. The molecule has 0 heterocycles. The van der Waals surface area contributed by atoms with Gasteiger partial charge in [0.15, 0.2) is 6.10 Å². The van der Waals surface area contributed by atoms with Crippen molar-refractivity contribution in [2.45, 2.75) is 245 Å². The molecule has 0 N–H and O–H groups in total. The monoisotopic (exact) mass is 877 g/mol. The van der Waals surface area contributed by atoms with Gasteiger partial charge in [0.25, 0.3) is 0 Å². The number of unbranched alkanes of at least 4 members (excludes halogenated alkanes) is 24. The Balaban J connectivity index is 4.43. The summed E-state index contributed by atoms with van der Waals surface area (Å²) in [6.45, 7) is 6.39. The summed E-state index contributed by atoms with van der Waals surface area (Å²) in [4.78, 5) is 37.9. The van der Waals surface area contributed by atoms with E-state index in [1.54, 1.807) is 0 Å². The van der Waals surface area contributed by atoms with Gasteiger partial charge >= 0.3 is 17.9 Å². The summed E-state index contributed by atoms with van der Waals surface area (Å²) in [6.07, 6.45) is 65.8. The minimum Gasteiger partial charge on any atom is -0.462 e. The molecule has 0 radical (unpaired) electrons. The highest BCUT2D eigenvalue weighted by molar-refractivity contribution is 5.71. The third kappa shape index (κ3) is 49.5. The van der Waals surface area contributed by atoms with Crippen LogP contribution in [0.5, 0.6) is 0 Å². The maximum atomic E-state index is 12.8. The van der Waals surface area contributed by atoms with Crippen molar-refractivity contribution in [3.05, 3.63) is 85.1 Å². The van der Waals surface area contributed by atoms with Crippen molar-refractivity contribution < 1.29 is 28.6 Å². The van der Waals surface area contributed by atoms with Crippen LogP contribution >= 0.6 is 0 Å². The Bertz CT molecular complexity index is 1240. The molecule has 0 spiro atoms. The summed E-state index contributed by atoms with van der Waals surface area (Å²) in [5, 5.41) is 0. The predicted molar refractivity (Wildman–Crippen MR) is 270 cm³/mol. The fraction of sp³-hybridized carbons (Fsp3) is 0.702. The van der Waals surface area contributed by atoms with Gasteiger partial charge in [-0.25, -0.2) is 0 Å². The number of allylic oxidation sites excluding steroid dienone is 14. The summed E-state index contributed by atoms with van der Waals surface area (Å²) in [5.74, 6) is -1.00. The molecule has 0 fully saturated rings. The van der Waals surface area contributed by atoms with Crippen molar-refractivity contribution in [3.63, 3.8) is 0 Å². The summed E-state index contributed by atoms with van der Waals surface area (Å²) < 4.78 is 16.7. The van der Waals surface area contributed by atoms with Crippen LogP contribution in [0.4, 0.5) is 0 Å². The lowest BCUT2D eigenvalue weighted by molar-refractivity contribution is -0.166. The normalized spacial score (nSPS) is 12.7. The Kier molecular flexibility index (Phi) is 48.5. The molecule has 0 aliphatic heterocycles. The molecule has 6 nitrogen and oxygen atoms in total. The average Bonchev–Trinajstić information content (AvgIpc) is 3.28. The predicted octanol–water partition coefficient (Wildman–Crippen LogP) is 17.2. The topological polar surface area (TPSA) is 78.9 Å². The Morgan fingerprint density at radius 1 is 0.349 bits per heavy atom. The molecule has 1 atom stereocenters. The molecular formula is C57H96O6. The van der Waals surface area contributed by atoms with Crippen LogP contribution in [0.3, 0.4) is 0 Å². The van der Waals surface area contributed by atoms with Crippen LogP contribution in [0.1, 0.15) is 239 Å². The molecule has 6 heteroatoms. The van der Waals surface area contributed by atoms with Crippen LogP contribution in [0.2, 0.25) is 0 Å². The number of carbonyl (C=O) groups is 3. The van der Waals surface area contributed by atoms with Crippen LogP contribution in [0, 0.1) is 0 Å². The first-order valence-electron chi connectivity index (χ1n) is 26.1. The number of carbonyl (C=O) groups excluding carboxylic acids is 3. The first kappa shape index (κ1) is 59.6. The highest BCUT2D eigenvalue weighted by Crippen LogP contribution is 2.14. The second-order valence-corrected chi connectivity index (χ2v) is 17.1. The SMILES string of the molecule is CC\C=C/C=C\C=C/CCCCCCCC(=O)OC(COC(=O)CC/C=C\C/C=C\CCCCCCCC)COC(=O)CCCCCCCCCCCC/C=C\C=C/CCCCC. The van der Waals surface area contributed by atoms with Gasteiger partial charge in [-0.1, -0.05) is 221 Å². The lowest BCUT2D eigenvalue weighted by Crippen LogP contribution is -2.30.